The van der Waals surface area contributed by atoms with Gasteiger partial charge in [0.05, 0.1) is 6.10 Å². The smallest absolute Gasteiger partial charge is 0.135 e. The van der Waals surface area contributed by atoms with Gasteiger partial charge in [-0.15, -0.1) is 0 Å². The molecular weight excluding hydrogens is 358 g/mol. The molecule has 0 aliphatic carbocycles. The van der Waals surface area contributed by atoms with E-state index >= 15 is 0 Å². The van der Waals surface area contributed by atoms with E-state index in [1.165, 1.54) is 6.33 Å². The van der Waals surface area contributed by atoms with Crippen molar-refractivity contribution >= 4 is 35.0 Å². The van der Waals surface area contributed by atoms with E-state index in [1.807, 2.05) is 69.4 Å². The van der Waals surface area contributed by atoms with Crippen molar-refractivity contribution in [1.82, 2.24) is 14.7 Å². The van der Waals surface area contributed by atoms with Crippen LogP contribution >= 0.6 is 11.9 Å². The first kappa shape index (κ1) is 19.0. The summed E-state index contributed by atoms with van der Waals surface area (Å²) < 4.78 is 8.73. The van der Waals surface area contributed by atoms with E-state index in [0.717, 1.165) is 27.8 Å². The van der Waals surface area contributed by atoms with Crippen LogP contribution in [-0.4, -0.2) is 23.1 Å². The van der Waals surface area contributed by atoms with Crippen molar-refractivity contribution in [2.45, 2.75) is 24.8 Å². The molecule has 0 saturated heterocycles. The van der Waals surface area contributed by atoms with E-state index < -0.39 is 0 Å². The van der Waals surface area contributed by atoms with E-state index in [1.54, 1.807) is 11.9 Å². The van der Waals surface area contributed by atoms with Gasteiger partial charge in [-0.25, -0.2) is 9.97 Å². The molecule has 1 heterocycles. The lowest BCUT2D eigenvalue weighted by Gasteiger charge is -2.11. The zero-order chi connectivity index (χ0) is 19.1. The monoisotopic (exact) mass is 381 g/mol. The topological polar surface area (TPSA) is 71.1 Å². The molecular formula is C20H23N5OS. The van der Waals surface area contributed by atoms with Crippen molar-refractivity contribution in [2.24, 2.45) is 0 Å². The Bertz CT molecular complexity index is 870. The van der Waals surface area contributed by atoms with Crippen molar-refractivity contribution in [3.63, 3.8) is 0 Å². The third kappa shape index (κ3) is 5.87. The van der Waals surface area contributed by atoms with Gasteiger partial charge in [0.1, 0.15) is 23.7 Å². The Labute approximate surface area is 163 Å². The first-order valence-electron chi connectivity index (χ1n) is 8.69. The fraction of sp³-hybridized carbons (Fsp3) is 0.200. The molecule has 0 unspecified atom stereocenters. The molecule has 0 atom stereocenters. The number of rotatable bonds is 8. The summed E-state index contributed by atoms with van der Waals surface area (Å²) in [5, 5.41) is 6.59. The second-order valence-corrected chi connectivity index (χ2v) is 7.15. The molecule has 0 saturated carbocycles. The van der Waals surface area contributed by atoms with Crippen molar-refractivity contribution in [2.75, 3.05) is 17.7 Å². The minimum Gasteiger partial charge on any atom is -0.491 e. The number of nitrogens with zero attached hydrogens (tertiary/aromatic N) is 2. The second-order valence-electron chi connectivity index (χ2n) is 6.06. The summed E-state index contributed by atoms with van der Waals surface area (Å²) in [6.45, 7) is 4.02. The Balaban J connectivity index is 1.67. The van der Waals surface area contributed by atoms with Crippen LogP contribution in [-0.2, 0) is 0 Å². The minimum absolute atomic E-state index is 0.157. The number of ether oxygens (including phenoxy) is 1. The van der Waals surface area contributed by atoms with Crippen LogP contribution in [0.3, 0.4) is 0 Å². The highest BCUT2D eigenvalue weighted by Gasteiger charge is 2.03. The molecule has 7 heteroatoms. The molecule has 0 amide bonds. The molecule has 3 rings (SSSR count). The van der Waals surface area contributed by atoms with Crippen LogP contribution in [0.2, 0.25) is 0 Å². The maximum Gasteiger partial charge on any atom is 0.135 e. The van der Waals surface area contributed by atoms with E-state index in [0.29, 0.717) is 5.82 Å². The lowest BCUT2D eigenvalue weighted by atomic mass is 10.3. The van der Waals surface area contributed by atoms with E-state index in [2.05, 4.69) is 31.4 Å². The Morgan fingerprint density at radius 3 is 2.26 bits per heavy atom. The molecule has 2 aromatic carbocycles. The van der Waals surface area contributed by atoms with Crippen LogP contribution in [0.15, 0.2) is 65.8 Å². The molecule has 0 radical (unpaired) electrons. The van der Waals surface area contributed by atoms with Gasteiger partial charge in [-0.05, 0) is 75.3 Å². The molecule has 0 aliphatic rings. The van der Waals surface area contributed by atoms with Crippen LogP contribution in [0, 0.1) is 0 Å². The van der Waals surface area contributed by atoms with Crippen molar-refractivity contribution in [1.29, 1.82) is 0 Å². The van der Waals surface area contributed by atoms with E-state index in [9.17, 15) is 0 Å². The van der Waals surface area contributed by atoms with Gasteiger partial charge in [0.2, 0.25) is 0 Å². The summed E-state index contributed by atoms with van der Waals surface area (Å²) in [4.78, 5) is 9.70. The number of hydrogen-bond acceptors (Lipinski definition) is 7. The molecule has 3 N–H and O–H groups in total. The zero-order valence-corrected chi connectivity index (χ0v) is 16.4. The summed E-state index contributed by atoms with van der Waals surface area (Å²) in [5.74, 6) is 2.28. The molecule has 1 aromatic heterocycles. The summed E-state index contributed by atoms with van der Waals surface area (Å²) in [6, 6.07) is 17.8. The molecule has 0 spiro atoms. The maximum atomic E-state index is 5.66. The van der Waals surface area contributed by atoms with E-state index in [-0.39, 0.29) is 6.10 Å². The number of hydrogen-bond donors (Lipinski definition) is 3. The first-order valence-corrected chi connectivity index (χ1v) is 9.50. The number of benzene rings is 2. The van der Waals surface area contributed by atoms with Crippen molar-refractivity contribution < 1.29 is 4.74 Å². The van der Waals surface area contributed by atoms with Gasteiger partial charge in [-0.3, -0.25) is 4.72 Å². The molecule has 3 aromatic rings. The molecule has 0 aliphatic heterocycles. The fourth-order valence-corrected chi connectivity index (χ4v) is 3.00. The molecule has 0 bridgehead atoms. The predicted octanol–water partition coefficient (Wildman–Crippen LogP) is 4.98. The predicted molar refractivity (Wildman–Crippen MR) is 112 cm³/mol. The second kappa shape index (κ2) is 9.25. The number of aromatic nitrogens is 2. The van der Waals surface area contributed by atoms with Crippen LogP contribution in [0.5, 0.6) is 5.75 Å². The third-order valence-corrected chi connectivity index (χ3v) is 4.19. The van der Waals surface area contributed by atoms with Gasteiger partial charge >= 0.3 is 0 Å². The average Bonchev–Trinajstić information content (AvgIpc) is 2.64. The molecule has 140 valence electrons. The van der Waals surface area contributed by atoms with Crippen LogP contribution in [0.1, 0.15) is 13.8 Å². The standard InChI is InChI=1S/C20H23N5OS/c1-14(2)26-17-9-7-15(8-10-17)24-19-12-20(23-13-22-19)25-16-5-4-6-18(11-16)27-21-3/h4-14,21H,1-3H3,(H2,22,23,24,25). The Hall–Kier alpha value is -2.77. The highest BCUT2D eigenvalue weighted by atomic mass is 32.2. The SMILES string of the molecule is CNSc1cccc(Nc2cc(Nc3ccc(OC(C)C)cc3)ncn2)c1. The summed E-state index contributed by atoms with van der Waals surface area (Å²) in [5.41, 5.74) is 1.90. The van der Waals surface area contributed by atoms with E-state index in [4.69, 9.17) is 4.74 Å². The first-order chi connectivity index (χ1) is 13.1. The van der Waals surface area contributed by atoms with Crippen LogP contribution in [0.4, 0.5) is 23.0 Å². The minimum atomic E-state index is 0.157. The zero-order valence-electron chi connectivity index (χ0n) is 15.6. The number of nitrogens with one attached hydrogen (secondary N) is 3. The lowest BCUT2D eigenvalue weighted by molar-refractivity contribution is 0.242. The van der Waals surface area contributed by atoms with Crippen LogP contribution < -0.4 is 20.1 Å². The highest BCUT2D eigenvalue weighted by molar-refractivity contribution is 7.97. The third-order valence-electron chi connectivity index (χ3n) is 3.49. The summed E-state index contributed by atoms with van der Waals surface area (Å²) in [7, 11) is 1.90. The van der Waals surface area contributed by atoms with Crippen LogP contribution in [0.25, 0.3) is 0 Å². The Morgan fingerprint density at radius 1 is 0.889 bits per heavy atom. The number of anilines is 4. The van der Waals surface area contributed by atoms with Gasteiger partial charge in [0.25, 0.3) is 0 Å². The summed E-state index contributed by atoms with van der Waals surface area (Å²) >= 11 is 1.56. The van der Waals surface area contributed by atoms with Gasteiger partial charge in [0.15, 0.2) is 0 Å². The van der Waals surface area contributed by atoms with Gasteiger partial charge in [0, 0.05) is 22.3 Å². The largest absolute Gasteiger partial charge is 0.491 e. The average molecular weight is 382 g/mol. The fourth-order valence-electron chi connectivity index (χ4n) is 2.43. The molecule has 27 heavy (non-hydrogen) atoms. The Kier molecular flexibility index (Phi) is 6.51. The van der Waals surface area contributed by atoms with Crippen molar-refractivity contribution in [3.8, 4) is 5.75 Å². The quantitative estimate of drug-likeness (QED) is 0.475. The van der Waals surface area contributed by atoms with Crippen molar-refractivity contribution in [3.05, 3.63) is 60.9 Å². The normalized spacial score (nSPS) is 10.7. The molecule has 6 nitrogen and oxygen atoms in total. The lowest BCUT2D eigenvalue weighted by Crippen LogP contribution is -2.05. The molecule has 0 fully saturated rings. The highest BCUT2D eigenvalue weighted by Crippen LogP contribution is 2.24. The van der Waals surface area contributed by atoms with Gasteiger partial charge in [-0.2, -0.15) is 0 Å². The Morgan fingerprint density at radius 2 is 1.59 bits per heavy atom. The summed E-state index contributed by atoms with van der Waals surface area (Å²) in [6.07, 6.45) is 1.69. The maximum absolute atomic E-state index is 5.66. The van der Waals surface area contributed by atoms with Gasteiger partial charge in [-0.1, -0.05) is 6.07 Å². The van der Waals surface area contributed by atoms with Gasteiger partial charge < -0.3 is 15.4 Å².